The molecule has 1 aromatic carbocycles. The first-order valence-electron chi connectivity index (χ1n) is 10.1. The minimum absolute atomic E-state index is 0.0167. The van der Waals surface area contributed by atoms with E-state index in [9.17, 15) is 13.2 Å². The van der Waals surface area contributed by atoms with E-state index in [2.05, 4.69) is 14.6 Å². The molecule has 1 N–H and O–H groups in total. The lowest BCUT2D eigenvalue weighted by atomic mass is 9.92. The van der Waals surface area contributed by atoms with Gasteiger partial charge in [0.1, 0.15) is 0 Å². The number of sulfonamides is 1. The number of carbonyl (C=O) groups excluding carboxylic acids is 1. The SMILES string of the molecule is O=C(CCNS(=O)(=O)c1ccc2c(c1)CCCC2)N1CCN(c2nccs2)CC1. The smallest absolute Gasteiger partial charge is 0.240 e. The zero-order valence-electron chi connectivity index (χ0n) is 16.3. The molecule has 4 rings (SSSR count). The molecule has 2 aromatic rings. The number of aromatic nitrogens is 1. The second-order valence-electron chi connectivity index (χ2n) is 7.47. The summed E-state index contributed by atoms with van der Waals surface area (Å²) in [5.41, 5.74) is 2.38. The Labute approximate surface area is 175 Å². The molecule has 9 heteroatoms. The highest BCUT2D eigenvalue weighted by molar-refractivity contribution is 7.89. The van der Waals surface area contributed by atoms with Crippen LogP contribution in [0.4, 0.5) is 5.13 Å². The molecule has 2 heterocycles. The van der Waals surface area contributed by atoms with Crippen LogP contribution in [0.5, 0.6) is 0 Å². The highest BCUT2D eigenvalue weighted by Gasteiger charge is 2.23. The molecule has 1 aliphatic heterocycles. The van der Waals surface area contributed by atoms with Crippen molar-refractivity contribution in [3.05, 3.63) is 40.9 Å². The van der Waals surface area contributed by atoms with Crippen LogP contribution in [0.1, 0.15) is 30.4 Å². The molecular weight excluding hydrogens is 408 g/mol. The minimum atomic E-state index is -3.59. The molecule has 0 spiro atoms. The summed E-state index contributed by atoms with van der Waals surface area (Å²) in [5, 5.41) is 2.93. The van der Waals surface area contributed by atoms with Crippen molar-refractivity contribution in [2.24, 2.45) is 0 Å². The summed E-state index contributed by atoms with van der Waals surface area (Å²) in [6.45, 7) is 2.89. The van der Waals surface area contributed by atoms with E-state index < -0.39 is 10.0 Å². The minimum Gasteiger partial charge on any atom is -0.345 e. The van der Waals surface area contributed by atoms with E-state index in [4.69, 9.17) is 0 Å². The second-order valence-corrected chi connectivity index (χ2v) is 10.1. The van der Waals surface area contributed by atoms with E-state index in [-0.39, 0.29) is 18.9 Å². The maximum Gasteiger partial charge on any atom is 0.240 e. The van der Waals surface area contributed by atoms with Gasteiger partial charge in [-0.05, 0) is 48.9 Å². The molecule has 7 nitrogen and oxygen atoms in total. The number of thiazole rings is 1. The molecule has 0 radical (unpaired) electrons. The van der Waals surface area contributed by atoms with E-state index in [1.165, 1.54) is 5.56 Å². The Morgan fingerprint density at radius 2 is 1.86 bits per heavy atom. The summed E-state index contributed by atoms with van der Waals surface area (Å²) in [6.07, 6.45) is 6.18. The third kappa shape index (κ3) is 4.79. The van der Waals surface area contributed by atoms with E-state index in [0.29, 0.717) is 18.0 Å². The van der Waals surface area contributed by atoms with Crippen molar-refractivity contribution in [2.45, 2.75) is 37.0 Å². The molecule has 0 bridgehead atoms. The molecule has 156 valence electrons. The topological polar surface area (TPSA) is 82.6 Å². The predicted octanol–water partition coefficient (Wildman–Crippen LogP) is 2.04. The molecule has 1 aromatic heterocycles. The normalized spacial score (nSPS) is 17.2. The van der Waals surface area contributed by atoms with Crippen molar-refractivity contribution < 1.29 is 13.2 Å². The van der Waals surface area contributed by atoms with Crippen LogP contribution >= 0.6 is 11.3 Å². The summed E-state index contributed by atoms with van der Waals surface area (Å²) >= 11 is 1.60. The van der Waals surface area contributed by atoms with Crippen molar-refractivity contribution >= 4 is 32.4 Å². The molecule has 1 aliphatic carbocycles. The average molecular weight is 435 g/mol. The Morgan fingerprint density at radius 3 is 2.59 bits per heavy atom. The van der Waals surface area contributed by atoms with Crippen molar-refractivity contribution in [3.63, 3.8) is 0 Å². The van der Waals surface area contributed by atoms with Crippen LogP contribution in [-0.4, -0.2) is 56.9 Å². The van der Waals surface area contributed by atoms with E-state index >= 15 is 0 Å². The monoisotopic (exact) mass is 434 g/mol. The lowest BCUT2D eigenvalue weighted by molar-refractivity contribution is -0.131. The Morgan fingerprint density at radius 1 is 1.10 bits per heavy atom. The summed E-state index contributed by atoms with van der Waals surface area (Å²) in [5.74, 6) is -0.0167. The third-order valence-corrected chi connectivity index (χ3v) is 7.87. The van der Waals surface area contributed by atoms with Crippen LogP contribution in [-0.2, 0) is 27.7 Å². The second kappa shape index (κ2) is 8.81. The molecule has 0 atom stereocenters. The summed E-state index contributed by atoms with van der Waals surface area (Å²) < 4.78 is 27.8. The number of benzene rings is 1. The number of hydrogen-bond donors (Lipinski definition) is 1. The highest BCUT2D eigenvalue weighted by atomic mass is 32.2. The van der Waals surface area contributed by atoms with Gasteiger partial charge in [-0.1, -0.05) is 6.07 Å². The Hall–Kier alpha value is -1.97. The van der Waals surface area contributed by atoms with Gasteiger partial charge in [0.15, 0.2) is 5.13 Å². The van der Waals surface area contributed by atoms with Gasteiger partial charge in [0.05, 0.1) is 4.90 Å². The number of nitrogens with zero attached hydrogens (tertiary/aromatic N) is 3. The summed E-state index contributed by atoms with van der Waals surface area (Å²) in [7, 11) is -3.59. The van der Waals surface area contributed by atoms with Crippen molar-refractivity contribution in [1.82, 2.24) is 14.6 Å². The fraction of sp³-hybridized carbons (Fsp3) is 0.500. The zero-order valence-corrected chi connectivity index (χ0v) is 18.0. The first kappa shape index (κ1) is 20.3. The number of rotatable bonds is 6. The quantitative estimate of drug-likeness (QED) is 0.752. The fourth-order valence-electron chi connectivity index (χ4n) is 3.93. The lowest BCUT2D eigenvalue weighted by Gasteiger charge is -2.34. The molecule has 1 fully saturated rings. The van der Waals surface area contributed by atoms with Crippen LogP contribution in [0, 0.1) is 0 Å². The van der Waals surface area contributed by atoms with Gasteiger partial charge in [-0.25, -0.2) is 18.1 Å². The number of fused-ring (bicyclic) bond motifs is 1. The van der Waals surface area contributed by atoms with Crippen LogP contribution < -0.4 is 9.62 Å². The van der Waals surface area contributed by atoms with Crippen molar-refractivity contribution in [2.75, 3.05) is 37.6 Å². The molecule has 2 aliphatic rings. The first-order chi connectivity index (χ1) is 14.0. The number of hydrogen-bond acceptors (Lipinski definition) is 6. The Balaban J connectivity index is 1.27. The maximum absolute atomic E-state index is 12.6. The van der Waals surface area contributed by atoms with Crippen LogP contribution in [0.25, 0.3) is 0 Å². The molecule has 0 unspecified atom stereocenters. The van der Waals surface area contributed by atoms with Gasteiger partial charge >= 0.3 is 0 Å². The van der Waals surface area contributed by atoms with Gasteiger partial charge < -0.3 is 9.80 Å². The molecule has 1 amide bonds. The first-order valence-corrected chi connectivity index (χ1v) is 12.4. The fourth-order valence-corrected chi connectivity index (χ4v) is 5.71. The van der Waals surface area contributed by atoms with Gasteiger partial charge in [-0.3, -0.25) is 4.79 Å². The molecule has 1 saturated heterocycles. The van der Waals surface area contributed by atoms with Gasteiger partial charge in [0, 0.05) is 50.7 Å². The van der Waals surface area contributed by atoms with Gasteiger partial charge in [-0.2, -0.15) is 0 Å². The van der Waals surface area contributed by atoms with Gasteiger partial charge in [0.25, 0.3) is 0 Å². The van der Waals surface area contributed by atoms with E-state index in [0.717, 1.165) is 49.5 Å². The zero-order chi connectivity index (χ0) is 20.3. The van der Waals surface area contributed by atoms with Crippen LogP contribution in [0.2, 0.25) is 0 Å². The molecule has 0 saturated carbocycles. The van der Waals surface area contributed by atoms with Gasteiger partial charge in [-0.15, -0.1) is 11.3 Å². The Bertz CT molecular complexity index is 952. The van der Waals surface area contributed by atoms with Crippen LogP contribution in [0.3, 0.4) is 0 Å². The predicted molar refractivity (Wildman–Crippen MR) is 114 cm³/mol. The summed E-state index contributed by atoms with van der Waals surface area (Å²) in [4.78, 5) is 21.0. The van der Waals surface area contributed by atoms with Crippen LogP contribution in [0.15, 0.2) is 34.7 Å². The van der Waals surface area contributed by atoms with Crippen molar-refractivity contribution in [3.8, 4) is 0 Å². The largest absolute Gasteiger partial charge is 0.345 e. The van der Waals surface area contributed by atoms with Crippen molar-refractivity contribution in [1.29, 1.82) is 0 Å². The Kier molecular flexibility index (Phi) is 6.17. The number of nitrogens with one attached hydrogen (secondary N) is 1. The lowest BCUT2D eigenvalue weighted by Crippen LogP contribution is -2.49. The van der Waals surface area contributed by atoms with E-state index in [1.807, 2.05) is 11.4 Å². The number of carbonyl (C=O) groups is 1. The molecular formula is C20H26N4O3S2. The number of piperazine rings is 1. The standard InChI is InChI=1S/C20H26N4O3S2/c25-19(23-10-12-24(13-11-23)20-21-9-14-28-20)7-8-22-29(26,27)18-6-5-16-3-1-2-4-17(16)15-18/h5-6,9,14-15,22H,1-4,7-8,10-13H2. The third-order valence-electron chi connectivity index (χ3n) is 5.58. The number of aryl methyl sites for hydroxylation is 2. The van der Waals surface area contributed by atoms with E-state index in [1.54, 1.807) is 34.6 Å². The number of anilines is 1. The maximum atomic E-state index is 12.6. The summed E-state index contributed by atoms with van der Waals surface area (Å²) in [6, 6.07) is 5.39. The highest BCUT2D eigenvalue weighted by Crippen LogP contribution is 2.24. The van der Waals surface area contributed by atoms with Gasteiger partial charge in [0.2, 0.25) is 15.9 Å². The average Bonchev–Trinajstić information content (AvgIpc) is 3.28. The number of amides is 1. The molecule has 29 heavy (non-hydrogen) atoms.